The van der Waals surface area contributed by atoms with Crippen molar-refractivity contribution >= 4 is 46.2 Å². The first-order valence-electron chi connectivity index (χ1n) is 4.91. The Kier molecular flexibility index (Phi) is 3.76. The summed E-state index contributed by atoms with van der Waals surface area (Å²) in [6, 6.07) is 3.68. The van der Waals surface area contributed by atoms with Crippen LogP contribution in [0, 0.1) is 0 Å². The minimum Gasteiger partial charge on any atom is -0.382 e. The van der Waals surface area contributed by atoms with E-state index in [2.05, 4.69) is 16.4 Å². The first-order chi connectivity index (χ1) is 8.08. The Morgan fingerprint density at radius 1 is 1.41 bits per heavy atom. The number of nitrogens with two attached hydrogens (primary N) is 1. The molecule has 3 nitrogen and oxygen atoms in total. The van der Waals surface area contributed by atoms with Gasteiger partial charge < -0.3 is 10.6 Å². The number of pyridine rings is 1. The molecule has 2 aromatic heterocycles. The quantitative estimate of drug-likeness (QED) is 0.937. The van der Waals surface area contributed by atoms with Gasteiger partial charge in [0.05, 0.1) is 10.0 Å². The molecule has 2 rings (SSSR count). The summed E-state index contributed by atoms with van der Waals surface area (Å²) in [7, 11) is 1.92. The van der Waals surface area contributed by atoms with E-state index in [0.717, 1.165) is 6.54 Å². The second kappa shape index (κ2) is 5.12. The molecule has 0 radical (unpaired) electrons. The van der Waals surface area contributed by atoms with Crippen LogP contribution in [0.5, 0.6) is 0 Å². The Labute approximate surface area is 114 Å². The monoisotopic (exact) mass is 287 g/mol. The predicted octanol–water partition coefficient (Wildman–Crippen LogP) is 3.67. The molecule has 0 aliphatic carbocycles. The maximum atomic E-state index is 6.09. The van der Waals surface area contributed by atoms with Crippen LogP contribution in [0.2, 0.25) is 10.0 Å². The van der Waals surface area contributed by atoms with E-state index in [1.54, 1.807) is 17.4 Å². The third-order valence-electron chi connectivity index (χ3n) is 2.30. The van der Waals surface area contributed by atoms with Crippen molar-refractivity contribution in [3.63, 3.8) is 0 Å². The summed E-state index contributed by atoms with van der Waals surface area (Å²) < 4.78 is 0. The molecule has 0 spiro atoms. The van der Waals surface area contributed by atoms with Gasteiger partial charge in [-0.2, -0.15) is 11.3 Å². The molecule has 0 aliphatic rings. The lowest BCUT2D eigenvalue weighted by Crippen LogP contribution is -2.18. The molecule has 90 valence electrons. The van der Waals surface area contributed by atoms with E-state index in [-0.39, 0.29) is 0 Å². The molecule has 2 heterocycles. The lowest BCUT2D eigenvalue weighted by Gasteiger charge is -2.19. The van der Waals surface area contributed by atoms with Crippen LogP contribution in [-0.4, -0.2) is 12.0 Å². The SMILES string of the molecule is CN(Cc1ccsc1)c1nc(N)c(Cl)cc1Cl. The van der Waals surface area contributed by atoms with Gasteiger partial charge >= 0.3 is 0 Å². The smallest absolute Gasteiger partial charge is 0.149 e. The Bertz CT molecular complexity index is 514. The average Bonchev–Trinajstić information content (AvgIpc) is 2.76. The number of hydrogen-bond acceptors (Lipinski definition) is 4. The minimum atomic E-state index is 0.295. The van der Waals surface area contributed by atoms with Crippen LogP contribution in [0.25, 0.3) is 0 Å². The number of hydrogen-bond donors (Lipinski definition) is 1. The average molecular weight is 288 g/mol. The second-order valence-corrected chi connectivity index (χ2v) is 5.24. The second-order valence-electron chi connectivity index (χ2n) is 3.65. The van der Waals surface area contributed by atoms with Gasteiger partial charge in [-0.1, -0.05) is 23.2 Å². The number of anilines is 2. The zero-order valence-electron chi connectivity index (χ0n) is 9.15. The highest BCUT2D eigenvalue weighted by atomic mass is 35.5. The highest BCUT2D eigenvalue weighted by Crippen LogP contribution is 2.30. The van der Waals surface area contributed by atoms with Crippen molar-refractivity contribution in [1.82, 2.24) is 4.98 Å². The fourth-order valence-corrected chi connectivity index (χ4v) is 2.63. The Balaban J connectivity index is 2.24. The van der Waals surface area contributed by atoms with Gasteiger partial charge in [-0.15, -0.1) is 0 Å². The molecule has 0 saturated carbocycles. The first-order valence-corrected chi connectivity index (χ1v) is 6.61. The lowest BCUT2D eigenvalue weighted by molar-refractivity contribution is 0.903. The third kappa shape index (κ3) is 2.83. The molecular formula is C11H11Cl2N3S. The molecule has 2 N–H and O–H groups in total. The molecule has 0 amide bonds. The van der Waals surface area contributed by atoms with Crippen LogP contribution < -0.4 is 10.6 Å². The van der Waals surface area contributed by atoms with E-state index in [4.69, 9.17) is 28.9 Å². The van der Waals surface area contributed by atoms with Crippen LogP contribution in [0.1, 0.15) is 5.56 Å². The fraction of sp³-hybridized carbons (Fsp3) is 0.182. The lowest BCUT2D eigenvalue weighted by atomic mass is 10.3. The molecule has 6 heteroatoms. The van der Waals surface area contributed by atoms with Gasteiger partial charge in [0, 0.05) is 13.6 Å². The van der Waals surface area contributed by atoms with Crippen LogP contribution in [0.4, 0.5) is 11.6 Å². The van der Waals surface area contributed by atoms with E-state index >= 15 is 0 Å². The number of rotatable bonds is 3. The van der Waals surface area contributed by atoms with Crippen molar-refractivity contribution in [3.8, 4) is 0 Å². The van der Waals surface area contributed by atoms with Crippen molar-refractivity contribution in [3.05, 3.63) is 38.5 Å². The summed E-state index contributed by atoms with van der Waals surface area (Å²) in [6.45, 7) is 0.733. The van der Waals surface area contributed by atoms with E-state index in [1.807, 2.05) is 17.3 Å². The summed E-state index contributed by atoms with van der Waals surface area (Å²) in [5, 5.41) is 5.00. The van der Waals surface area contributed by atoms with Crippen LogP contribution >= 0.6 is 34.5 Å². The number of nitrogens with zero attached hydrogens (tertiary/aromatic N) is 2. The van der Waals surface area contributed by atoms with Crippen molar-refractivity contribution in [2.45, 2.75) is 6.54 Å². The van der Waals surface area contributed by atoms with Crippen molar-refractivity contribution in [1.29, 1.82) is 0 Å². The molecule has 0 aromatic carbocycles. The zero-order chi connectivity index (χ0) is 12.4. The van der Waals surface area contributed by atoms with Gasteiger partial charge in [-0.25, -0.2) is 4.98 Å². The first kappa shape index (κ1) is 12.5. The molecule has 17 heavy (non-hydrogen) atoms. The van der Waals surface area contributed by atoms with Crippen molar-refractivity contribution in [2.24, 2.45) is 0 Å². The number of aromatic nitrogens is 1. The summed E-state index contributed by atoms with van der Waals surface area (Å²) in [5.41, 5.74) is 6.89. The largest absolute Gasteiger partial charge is 0.382 e. The molecule has 0 unspecified atom stereocenters. The van der Waals surface area contributed by atoms with Crippen LogP contribution in [0.15, 0.2) is 22.9 Å². The van der Waals surface area contributed by atoms with Crippen LogP contribution in [-0.2, 0) is 6.54 Å². The maximum Gasteiger partial charge on any atom is 0.149 e. The van der Waals surface area contributed by atoms with Gasteiger partial charge in [-0.3, -0.25) is 0 Å². The topological polar surface area (TPSA) is 42.2 Å². The standard InChI is InChI=1S/C11H11Cl2N3S/c1-16(5-7-2-3-17-6-7)11-9(13)4-8(12)10(14)15-11/h2-4,6H,5H2,1H3,(H2,14,15). The fourth-order valence-electron chi connectivity index (χ4n) is 1.47. The summed E-state index contributed by atoms with van der Waals surface area (Å²) >= 11 is 13.6. The summed E-state index contributed by atoms with van der Waals surface area (Å²) in [6.07, 6.45) is 0. The molecule has 0 aliphatic heterocycles. The molecule has 0 bridgehead atoms. The van der Waals surface area contributed by atoms with Crippen molar-refractivity contribution in [2.75, 3.05) is 17.7 Å². The number of thiophene rings is 1. The summed E-state index contributed by atoms with van der Waals surface area (Å²) in [4.78, 5) is 6.14. The highest BCUT2D eigenvalue weighted by Gasteiger charge is 2.11. The number of nitrogen functional groups attached to an aromatic ring is 1. The zero-order valence-corrected chi connectivity index (χ0v) is 11.5. The van der Waals surface area contributed by atoms with E-state index in [0.29, 0.717) is 21.7 Å². The van der Waals surface area contributed by atoms with Gasteiger partial charge in [0.1, 0.15) is 11.6 Å². The minimum absolute atomic E-state index is 0.295. The molecule has 0 fully saturated rings. The highest BCUT2D eigenvalue weighted by molar-refractivity contribution is 7.07. The van der Waals surface area contributed by atoms with Gasteiger partial charge in [-0.05, 0) is 28.5 Å². The van der Waals surface area contributed by atoms with Gasteiger partial charge in [0.15, 0.2) is 0 Å². The van der Waals surface area contributed by atoms with Crippen LogP contribution in [0.3, 0.4) is 0 Å². The Hall–Kier alpha value is -0.970. The van der Waals surface area contributed by atoms with Gasteiger partial charge in [0.25, 0.3) is 0 Å². The number of halogens is 2. The molecule has 0 saturated heterocycles. The molecule has 2 aromatic rings. The Morgan fingerprint density at radius 2 is 2.18 bits per heavy atom. The van der Waals surface area contributed by atoms with Gasteiger partial charge in [0.2, 0.25) is 0 Å². The van der Waals surface area contributed by atoms with Crippen molar-refractivity contribution < 1.29 is 0 Å². The van der Waals surface area contributed by atoms with E-state index < -0.39 is 0 Å². The molecule has 0 atom stereocenters. The third-order valence-corrected chi connectivity index (χ3v) is 3.61. The summed E-state index contributed by atoms with van der Waals surface area (Å²) in [5.74, 6) is 0.933. The maximum absolute atomic E-state index is 6.09. The normalized spacial score (nSPS) is 10.5. The molecular weight excluding hydrogens is 277 g/mol. The van der Waals surface area contributed by atoms with E-state index in [9.17, 15) is 0 Å². The predicted molar refractivity (Wildman–Crippen MR) is 75.1 cm³/mol. The van der Waals surface area contributed by atoms with E-state index in [1.165, 1.54) is 5.56 Å². The Morgan fingerprint density at radius 3 is 2.82 bits per heavy atom.